The molecule has 1 aromatic heterocycles. The van der Waals surface area contributed by atoms with Crippen LogP contribution in [0.4, 0.5) is 0 Å². The van der Waals surface area contributed by atoms with Crippen molar-refractivity contribution in [1.82, 2.24) is 19.7 Å². The van der Waals surface area contributed by atoms with Gasteiger partial charge in [-0.15, -0.1) is 10.2 Å². The van der Waals surface area contributed by atoms with E-state index in [1.165, 1.54) is 11.8 Å². The Morgan fingerprint density at radius 3 is 2.74 bits per heavy atom. The van der Waals surface area contributed by atoms with E-state index in [1.54, 1.807) is 4.90 Å². The zero-order valence-electron chi connectivity index (χ0n) is 15.9. The van der Waals surface area contributed by atoms with Crippen LogP contribution in [-0.2, 0) is 9.59 Å². The van der Waals surface area contributed by atoms with Gasteiger partial charge in [0.1, 0.15) is 11.9 Å². The van der Waals surface area contributed by atoms with Gasteiger partial charge in [-0.25, -0.2) is 0 Å². The van der Waals surface area contributed by atoms with Gasteiger partial charge in [0.2, 0.25) is 11.8 Å². The summed E-state index contributed by atoms with van der Waals surface area (Å²) in [6.45, 7) is 6.56. The van der Waals surface area contributed by atoms with Gasteiger partial charge in [0, 0.05) is 6.54 Å². The molecule has 2 N–H and O–H groups in total. The molecule has 1 fully saturated rings. The summed E-state index contributed by atoms with van der Waals surface area (Å²) in [4.78, 5) is 26.0. The number of thioether (sulfide) groups is 1. The average Bonchev–Trinajstić information content (AvgIpc) is 3.02. The van der Waals surface area contributed by atoms with Gasteiger partial charge in [0.25, 0.3) is 0 Å². The highest BCUT2D eigenvalue weighted by Gasteiger charge is 2.30. The number of benzene rings is 1. The van der Waals surface area contributed by atoms with Crippen molar-refractivity contribution in [1.29, 1.82) is 0 Å². The number of rotatable bonds is 5. The molecule has 0 aliphatic carbocycles. The maximum atomic E-state index is 12.7. The summed E-state index contributed by atoms with van der Waals surface area (Å²) in [6, 6.07) is 5.72. The topological polar surface area (TPSA) is 94.1 Å². The van der Waals surface area contributed by atoms with Crippen molar-refractivity contribution in [2.45, 2.75) is 51.2 Å². The van der Waals surface area contributed by atoms with Crippen LogP contribution in [-0.4, -0.2) is 49.8 Å². The summed E-state index contributed by atoms with van der Waals surface area (Å²) in [6.07, 6.45) is 2.46. The number of primary amides is 1. The molecule has 1 aliphatic rings. The summed E-state index contributed by atoms with van der Waals surface area (Å²) < 4.78 is 1.97. The number of nitrogens with zero attached hydrogens (tertiary/aromatic N) is 4. The lowest BCUT2D eigenvalue weighted by Crippen LogP contribution is -2.51. The minimum atomic E-state index is -0.495. The molecule has 1 saturated heterocycles. The number of hydrogen-bond acceptors (Lipinski definition) is 5. The van der Waals surface area contributed by atoms with Gasteiger partial charge in [0.05, 0.1) is 11.4 Å². The highest BCUT2D eigenvalue weighted by Crippen LogP contribution is 2.26. The Morgan fingerprint density at radius 1 is 1.22 bits per heavy atom. The molecule has 3 rings (SSSR count). The van der Waals surface area contributed by atoms with Crippen LogP contribution in [0, 0.1) is 20.8 Å². The number of nitrogens with two attached hydrogens (primary N) is 1. The number of aryl methyl sites for hydroxylation is 3. The zero-order valence-corrected chi connectivity index (χ0v) is 16.8. The van der Waals surface area contributed by atoms with Crippen molar-refractivity contribution >= 4 is 23.6 Å². The first kappa shape index (κ1) is 19.4. The summed E-state index contributed by atoms with van der Waals surface area (Å²) in [5, 5.41) is 9.11. The number of hydrogen-bond donors (Lipinski definition) is 1. The number of aromatic nitrogens is 3. The molecule has 1 aromatic carbocycles. The molecule has 1 atom stereocenters. The van der Waals surface area contributed by atoms with E-state index in [-0.39, 0.29) is 11.7 Å². The third-order valence-electron chi connectivity index (χ3n) is 4.88. The van der Waals surface area contributed by atoms with Crippen molar-refractivity contribution in [2.75, 3.05) is 12.3 Å². The molecule has 27 heavy (non-hydrogen) atoms. The largest absolute Gasteiger partial charge is 0.368 e. The van der Waals surface area contributed by atoms with Crippen molar-refractivity contribution in [2.24, 2.45) is 5.73 Å². The van der Waals surface area contributed by atoms with E-state index in [0.717, 1.165) is 35.5 Å². The van der Waals surface area contributed by atoms with Crippen LogP contribution in [0.5, 0.6) is 0 Å². The Morgan fingerprint density at radius 2 is 2.00 bits per heavy atom. The molecule has 0 radical (unpaired) electrons. The Bertz CT molecular complexity index is 864. The van der Waals surface area contributed by atoms with E-state index in [9.17, 15) is 9.59 Å². The maximum absolute atomic E-state index is 12.7. The Kier molecular flexibility index (Phi) is 5.84. The Hall–Kier alpha value is -2.35. The van der Waals surface area contributed by atoms with Crippen molar-refractivity contribution in [3.63, 3.8) is 0 Å². The molecule has 0 bridgehead atoms. The second-order valence-corrected chi connectivity index (χ2v) is 7.89. The Balaban J connectivity index is 1.78. The molecule has 2 aromatic rings. The number of likely N-dealkylation sites (tertiary alicyclic amines) is 1. The molecular formula is C19H25N5O2S. The monoisotopic (exact) mass is 387 g/mol. The fraction of sp³-hybridized carbons (Fsp3) is 0.474. The predicted molar refractivity (Wildman–Crippen MR) is 105 cm³/mol. The standard InChI is InChI=1S/C19H25N5O2S/c1-12-7-8-13(2)16(10-12)24-14(3)21-22-19(24)27-11-17(25)23-9-5-4-6-15(23)18(20)26/h7-8,10,15H,4-6,9,11H2,1-3H3,(H2,20,26). The van der Waals surface area contributed by atoms with Crippen molar-refractivity contribution in [3.05, 3.63) is 35.2 Å². The van der Waals surface area contributed by atoms with Crippen LogP contribution >= 0.6 is 11.8 Å². The van der Waals surface area contributed by atoms with Crippen molar-refractivity contribution in [3.8, 4) is 5.69 Å². The summed E-state index contributed by atoms with van der Waals surface area (Å²) in [5.41, 5.74) is 8.74. The normalized spacial score (nSPS) is 17.1. The molecule has 1 unspecified atom stereocenters. The summed E-state index contributed by atoms with van der Waals surface area (Å²) in [7, 11) is 0. The van der Waals surface area contributed by atoms with Crippen LogP contribution in [0.15, 0.2) is 23.4 Å². The van der Waals surface area contributed by atoms with Gasteiger partial charge >= 0.3 is 0 Å². The van der Waals surface area contributed by atoms with Crippen LogP contribution < -0.4 is 5.73 Å². The van der Waals surface area contributed by atoms with E-state index < -0.39 is 11.9 Å². The molecule has 8 heteroatoms. The molecular weight excluding hydrogens is 362 g/mol. The minimum Gasteiger partial charge on any atom is -0.368 e. The van der Waals surface area contributed by atoms with E-state index >= 15 is 0 Å². The first-order valence-electron chi connectivity index (χ1n) is 9.09. The summed E-state index contributed by atoms with van der Waals surface area (Å²) >= 11 is 1.34. The second kappa shape index (κ2) is 8.12. The maximum Gasteiger partial charge on any atom is 0.240 e. The third-order valence-corrected chi connectivity index (χ3v) is 5.79. The number of amides is 2. The fourth-order valence-electron chi connectivity index (χ4n) is 3.41. The van der Waals surface area contributed by atoms with Crippen LogP contribution in [0.2, 0.25) is 0 Å². The highest BCUT2D eigenvalue weighted by atomic mass is 32.2. The SMILES string of the molecule is Cc1ccc(C)c(-n2c(C)nnc2SCC(=O)N2CCCCC2C(N)=O)c1. The van der Waals surface area contributed by atoms with Gasteiger partial charge in [-0.05, 0) is 57.2 Å². The van der Waals surface area contributed by atoms with Gasteiger partial charge in [0.15, 0.2) is 5.16 Å². The van der Waals surface area contributed by atoms with E-state index in [0.29, 0.717) is 18.1 Å². The van der Waals surface area contributed by atoms with Gasteiger partial charge in [-0.1, -0.05) is 23.9 Å². The first-order valence-corrected chi connectivity index (χ1v) is 10.1. The number of carbonyl (C=O) groups is 2. The highest BCUT2D eigenvalue weighted by molar-refractivity contribution is 7.99. The summed E-state index contributed by atoms with van der Waals surface area (Å²) in [5.74, 6) is 0.456. The van der Waals surface area contributed by atoms with Gasteiger partial charge < -0.3 is 10.6 Å². The lowest BCUT2D eigenvalue weighted by atomic mass is 10.0. The lowest BCUT2D eigenvalue weighted by molar-refractivity contribution is -0.138. The van der Waals surface area contributed by atoms with Crippen LogP contribution in [0.25, 0.3) is 5.69 Å². The second-order valence-electron chi connectivity index (χ2n) is 6.94. The zero-order chi connectivity index (χ0) is 19.6. The molecule has 144 valence electrons. The van der Waals surface area contributed by atoms with Gasteiger partial charge in [-0.3, -0.25) is 14.2 Å². The number of carbonyl (C=O) groups excluding carboxylic acids is 2. The number of piperidine rings is 1. The average molecular weight is 388 g/mol. The molecule has 1 aliphatic heterocycles. The van der Waals surface area contributed by atoms with Crippen molar-refractivity contribution < 1.29 is 9.59 Å². The fourth-order valence-corrected chi connectivity index (χ4v) is 4.29. The molecule has 2 heterocycles. The quantitative estimate of drug-likeness (QED) is 0.794. The van der Waals surface area contributed by atoms with E-state index in [1.807, 2.05) is 25.3 Å². The van der Waals surface area contributed by atoms with E-state index in [4.69, 9.17) is 5.73 Å². The Labute approximate surface area is 163 Å². The predicted octanol–water partition coefficient (Wildman–Crippen LogP) is 2.15. The molecule has 0 saturated carbocycles. The smallest absolute Gasteiger partial charge is 0.240 e. The van der Waals surface area contributed by atoms with Crippen LogP contribution in [0.3, 0.4) is 0 Å². The third kappa shape index (κ3) is 4.16. The molecule has 2 amide bonds. The van der Waals surface area contributed by atoms with E-state index in [2.05, 4.69) is 28.4 Å². The first-order chi connectivity index (χ1) is 12.9. The molecule has 7 nitrogen and oxygen atoms in total. The van der Waals surface area contributed by atoms with Crippen LogP contribution in [0.1, 0.15) is 36.2 Å². The van der Waals surface area contributed by atoms with Gasteiger partial charge in [-0.2, -0.15) is 0 Å². The molecule has 0 spiro atoms. The lowest BCUT2D eigenvalue weighted by Gasteiger charge is -2.33. The minimum absolute atomic E-state index is 0.0864.